The lowest BCUT2D eigenvalue weighted by Crippen LogP contribution is -2.55. The Morgan fingerprint density at radius 3 is 2.54 bits per heavy atom. The van der Waals surface area contributed by atoms with Crippen LogP contribution < -0.4 is 27.4 Å². The molecule has 0 radical (unpaired) electrons. The number of benzene rings is 1. The molecule has 1 fully saturated rings. The summed E-state index contributed by atoms with van der Waals surface area (Å²) in [4.78, 5) is 83.7. The standard InChI is InChI=1S/C26H36N8O7/c1-33-18(7-3-9-29-26(27)28)23(39)31-14-20(35)32-17(12-21(36)37)22(38)30-13-15-5-2-6-16(11-15)24(40)34-10-4-8-19(34)25(33)41/h2,5-6,11,17-19H,3-4,7-10,12-14H2,1H3,(H,30,38)(H,31,39)(H,32,35)(H,36,37)(H4,27,28,29)/t17-,18-,19+/m0/s1. The number of aliphatic carboxylic acids is 1. The van der Waals surface area contributed by atoms with E-state index in [0.717, 1.165) is 0 Å². The molecule has 0 spiro atoms. The van der Waals surface area contributed by atoms with Crippen LogP contribution in [0.25, 0.3) is 0 Å². The molecule has 3 atom stereocenters. The summed E-state index contributed by atoms with van der Waals surface area (Å²) in [5.74, 6) is -4.41. The van der Waals surface area contributed by atoms with Crippen molar-refractivity contribution in [2.45, 2.75) is 56.8 Å². The zero-order valence-corrected chi connectivity index (χ0v) is 22.8. The monoisotopic (exact) mass is 572 g/mol. The Bertz CT molecular complexity index is 1220. The van der Waals surface area contributed by atoms with Crippen molar-refractivity contribution in [3.63, 3.8) is 0 Å². The molecule has 1 saturated heterocycles. The average molecular weight is 573 g/mol. The molecule has 3 rings (SSSR count). The van der Waals surface area contributed by atoms with E-state index in [1.807, 2.05) is 0 Å². The Kier molecular flexibility index (Phi) is 10.6. The van der Waals surface area contributed by atoms with Crippen molar-refractivity contribution >= 4 is 41.5 Å². The molecule has 0 unspecified atom stereocenters. The number of nitrogens with zero attached hydrogens (tertiary/aromatic N) is 3. The Labute approximate surface area is 236 Å². The number of carbonyl (C=O) groups is 6. The SMILES string of the molecule is CN1C(=O)[C@H]2CCCN2C(=O)c2cccc(c2)CNC(=O)[C@H](CC(=O)O)NC(=O)CNC(=O)[C@@H]1CCCN=C(N)N. The maximum absolute atomic E-state index is 13.6. The first-order chi connectivity index (χ1) is 19.5. The highest BCUT2D eigenvalue weighted by Crippen LogP contribution is 2.23. The number of nitrogens with one attached hydrogen (secondary N) is 3. The summed E-state index contributed by atoms with van der Waals surface area (Å²) < 4.78 is 0. The smallest absolute Gasteiger partial charge is 0.305 e. The second kappa shape index (κ2) is 14.1. The number of carbonyl (C=O) groups excluding carboxylic acids is 5. The molecular formula is C26H36N8O7. The number of hydrogen-bond acceptors (Lipinski definition) is 7. The molecule has 15 heteroatoms. The first-order valence-electron chi connectivity index (χ1n) is 13.3. The van der Waals surface area contributed by atoms with Crippen molar-refractivity contribution in [2.24, 2.45) is 16.5 Å². The van der Waals surface area contributed by atoms with Gasteiger partial charge >= 0.3 is 5.97 Å². The van der Waals surface area contributed by atoms with Crippen LogP contribution in [0.4, 0.5) is 0 Å². The van der Waals surface area contributed by atoms with E-state index in [1.165, 1.54) is 16.8 Å². The van der Waals surface area contributed by atoms with Crippen LogP contribution in [0.2, 0.25) is 0 Å². The molecule has 41 heavy (non-hydrogen) atoms. The Balaban J connectivity index is 1.94. The number of guanidine groups is 1. The van der Waals surface area contributed by atoms with Crippen LogP contribution >= 0.6 is 0 Å². The number of carboxylic acid groups (broad SMARTS) is 1. The molecule has 1 aromatic rings. The van der Waals surface area contributed by atoms with Crippen molar-refractivity contribution in [2.75, 3.05) is 26.7 Å². The quantitative estimate of drug-likeness (QED) is 0.124. The van der Waals surface area contributed by atoms with E-state index >= 15 is 0 Å². The van der Waals surface area contributed by atoms with E-state index in [1.54, 1.807) is 24.3 Å². The van der Waals surface area contributed by atoms with Gasteiger partial charge in [-0.05, 0) is 43.4 Å². The highest BCUT2D eigenvalue weighted by atomic mass is 16.4. The number of carboxylic acids is 1. The summed E-state index contributed by atoms with van der Waals surface area (Å²) in [7, 11) is 1.46. The summed E-state index contributed by atoms with van der Waals surface area (Å²) in [6.45, 7) is -0.0481. The molecule has 2 bridgehead atoms. The molecule has 2 aliphatic heterocycles. The topological polar surface area (TPSA) is 230 Å². The predicted octanol–water partition coefficient (Wildman–Crippen LogP) is -2.12. The van der Waals surface area contributed by atoms with E-state index in [9.17, 15) is 33.9 Å². The number of hydrogen-bond donors (Lipinski definition) is 6. The van der Waals surface area contributed by atoms with Gasteiger partial charge in [-0.25, -0.2) is 0 Å². The lowest BCUT2D eigenvalue weighted by Gasteiger charge is -2.32. The lowest BCUT2D eigenvalue weighted by atomic mass is 10.1. The van der Waals surface area contributed by atoms with Crippen molar-refractivity contribution in [3.8, 4) is 0 Å². The van der Waals surface area contributed by atoms with Crippen LogP contribution in [-0.4, -0.2) is 101 Å². The first-order valence-corrected chi connectivity index (χ1v) is 13.3. The Morgan fingerprint density at radius 1 is 1.10 bits per heavy atom. The summed E-state index contributed by atoms with van der Waals surface area (Å²) in [5, 5.41) is 16.6. The average Bonchev–Trinajstić information content (AvgIpc) is 3.42. The first kappa shape index (κ1) is 30.8. The third kappa shape index (κ3) is 8.40. The molecule has 0 aliphatic carbocycles. The largest absolute Gasteiger partial charge is 0.481 e. The summed E-state index contributed by atoms with van der Waals surface area (Å²) in [6, 6.07) is 3.28. The third-order valence-corrected chi connectivity index (χ3v) is 6.94. The maximum Gasteiger partial charge on any atom is 0.305 e. The van der Waals surface area contributed by atoms with Gasteiger partial charge in [0.2, 0.25) is 23.6 Å². The number of fused-ring (bicyclic) bond motifs is 3. The Morgan fingerprint density at radius 2 is 1.83 bits per heavy atom. The van der Waals surface area contributed by atoms with Gasteiger partial charge in [0.25, 0.3) is 5.91 Å². The third-order valence-electron chi connectivity index (χ3n) is 6.94. The zero-order chi connectivity index (χ0) is 30.1. The molecule has 2 aliphatic rings. The van der Waals surface area contributed by atoms with Crippen LogP contribution in [0.15, 0.2) is 29.3 Å². The summed E-state index contributed by atoms with van der Waals surface area (Å²) in [6.07, 6.45) is 0.809. The second-order valence-electron chi connectivity index (χ2n) is 9.92. The van der Waals surface area contributed by atoms with Crippen molar-refractivity contribution in [1.29, 1.82) is 0 Å². The van der Waals surface area contributed by atoms with Crippen LogP contribution in [0, 0.1) is 0 Å². The summed E-state index contributed by atoms with van der Waals surface area (Å²) in [5.41, 5.74) is 11.6. The molecule has 8 N–H and O–H groups in total. The minimum Gasteiger partial charge on any atom is -0.481 e. The zero-order valence-electron chi connectivity index (χ0n) is 22.8. The second-order valence-corrected chi connectivity index (χ2v) is 9.92. The van der Waals surface area contributed by atoms with Crippen LogP contribution in [0.3, 0.4) is 0 Å². The fourth-order valence-corrected chi connectivity index (χ4v) is 4.86. The fourth-order valence-electron chi connectivity index (χ4n) is 4.86. The van der Waals surface area contributed by atoms with Gasteiger partial charge in [0.15, 0.2) is 5.96 Å². The van der Waals surface area contributed by atoms with Crippen molar-refractivity contribution < 1.29 is 33.9 Å². The molecule has 222 valence electrons. The molecule has 0 saturated carbocycles. The fraction of sp³-hybridized carbons (Fsp3) is 0.500. The molecule has 0 aromatic heterocycles. The molecule has 15 nitrogen and oxygen atoms in total. The lowest BCUT2D eigenvalue weighted by molar-refractivity contribution is -0.142. The van der Waals surface area contributed by atoms with Gasteiger partial charge in [0, 0.05) is 32.2 Å². The normalized spacial score (nSPS) is 22.6. The minimum absolute atomic E-state index is 0.0324. The number of likely N-dealkylation sites (N-methyl/N-ethyl adjacent to an activating group) is 1. The van der Waals surface area contributed by atoms with Gasteiger partial charge in [0.05, 0.1) is 13.0 Å². The number of amides is 5. The molecule has 5 amide bonds. The van der Waals surface area contributed by atoms with Gasteiger partial charge < -0.3 is 42.3 Å². The highest BCUT2D eigenvalue weighted by Gasteiger charge is 2.39. The molecular weight excluding hydrogens is 536 g/mol. The van der Waals surface area contributed by atoms with Crippen molar-refractivity contribution in [1.82, 2.24) is 25.8 Å². The summed E-state index contributed by atoms with van der Waals surface area (Å²) >= 11 is 0. The molecule has 2 heterocycles. The van der Waals surface area contributed by atoms with Crippen LogP contribution in [0.1, 0.15) is 48.0 Å². The number of rotatable bonds is 6. The predicted molar refractivity (Wildman–Crippen MR) is 146 cm³/mol. The minimum atomic E-state index is -1.41. The van der Waals surface area contributed by atoms with E-state index in [4.69, 9.17) is 11.5 Å². The number of nitrogens with two attached hydrogens (primary N) is 2. The number of aliphatic imine (C=N–C) groups is 1. The van der Waals surface area contributed by atoms with Gasteiger partial charge in [-0.15, -0.1) is 0 Å². The van der Waals surface area contributed by atoms with Gasteiger partial charge in [-0.1, -0.05) is 12.1 Å². The van der Waals surface area contributed by atoms with Crippen LogP contribution in [0.5, 0.6) is 0 Å². The molecule has 1 aromatic carbocycles. The van der Waals surface area contributed by atoms with Gasteiger partial charge in [-0.2, -0.15) is 0 Å². The van der Waals surface area contributed by atoms with Gasteiger partial charge in [0.1, 0.15) is 18.1 Å². The van der Waals surface area contributed by atoms with Crippen molar-refractivity contribution in [3.05, 3.63) is 35.4 Å². The maximum atomic E-state index is 13.6. The van der Waals surface area contributed by atoms with Crippen LogP contribution in [-0.2, 0) is 30.5 Å². The van der Waals surface area contributed by atoms with E-state index in [-0.39, 0.29) is 31.4 Å². The Hall–Kier alpha value is -4.69. The highest BCUT2D eigenvalue weighted by molar-refractivity contribution is 5.99. The van der Waals surface area contributed by atoms with Gasteiger partial charge in [-0.3, -0.25) is 33.8 Å². The van der Waals surface area contributed by atoms with E-state index in [2.05, 4.69) is 20.9 Å². The van der Waals surface area contributed by atoms with E-state index < -0.39 is 60.7 Å². The van der Waals surface area contributed by atoms with E-state index in [0.29, 0.717) is 36.9 Å².